The molecule has 1 saturated heterocycles. The minimum absolute atomic E-state index is 0.0927. The lowest BCUT2D eigenvalue weighted by molar-refractivity contribution is -0.122. The van der Waals surface area contributed by atoms with Gasteiger partial charge in [-0.25, -0.2) is 9.29 Å². The molecule has 26 heavy (non-hydrogen) atoms. The van der Waals surface area contributed by atoms with Gasteiger partial charge in [-0.1, -0.05) is 23.7 Å². The number of amides is 2. The first-order valence-electron chi connectivity index (χ1n) is 7.13. The van der Waals surface area contributed by atoms with E-state index in [0.29, 0.717) is 4.47 Å². The number of nitrogens with one attached hydrogen (secondary N) is 1. The van der Waals surface area contributed by atoms with Gasteiger partial charge in [-0.3, -0.25) is 14.9 Å². The summed E-state index contributed by atoms with van der Waals surface area (Å²) in [6, 6.07) is 8.38. The zero-order valence-corrected chi connectivity index (χ0v) is 16.0. The van der Waals surface area contributed by atoms with Crippen LogP contribution in [0.5, 0.6) is 5.75 Å². The fraction of sp³-hybridized carbons (Fsp3) is 0. The summed E-state index contributed by atoms with van der Waals surface area (Å²) in [5.74, 6) is -2.46. The second-order valence-corrected chi connectivity index (χ2v) is 6.91. The Morgan fingerprint density at radius 1 is 1.27 bits per heavy atom. The molecule has 0 radical (unpaired) electrons. The summed E-state index contributed by atoms with van der Waals surface area (Å²) in [6.45, 7) is 0. The number of nitrogens with zero attached hydrogens (tertiary/aromatic N) is 1. The quantitative estimate of drug-likeness (QED) is 0.411. The highest BCUT2D eigenvalue weighted by Gasteiger charge is 2.35. The number of carbonyl (C=O) groups is 2. The van der Waals surface area contributed by atoms with Gasteiger partial charge in [-0.2, -0.15) is 0 Å². The van der Waals surface area contributed by atoms with Crippen molar-refractivity contribution in [3.8, 4) is 5.75 Å². The van der Waals surface area contributed by atoms with E-state index in [1.54, 1.807) is 0 Å². The van der Waals surface area contributed by atoms with E-state index in [9.17, 15) is 19.1 Å². The SMILES string of the molecule is O=C1NC(=S)N(c2ccccc2F)C(=O)/C1=C/c1cc(Cl)cc(Br)c1O. The highest BCUT2D eigenvalue weighted by atomic mass is 79.9. The standard InChI is InChI=1S/C17H9BrClFN2O3S/c18-11-7-9(19)5-8(14(11)23)6-10-15(24)21-17(26)22(16(10)25)13-4-2-1-3-12(13)20/h1-7,23H,(H,21,24,26)/b10-6+. The highest BCUT2D eigenvalue weighted by molar-refractivity contribution is 9.10. The van der Waals surface area contributed by atoms with Gasteiger partial charge in [0.25, 0.3) is 11.8 Å². The second kappa shape index (κ2) is 7.14. The van der Waals surface area contributed by atoms with Crippen LogP contribution in [-0.2, 0) is 9.59 Å². The molecule has 0 aromatic heterocycles. The van der Waals surface area contributed by atoms with Crippen LogP contribution in [0.1, 0.15) is 5.56 Å². The molecule has 3 rings (SSSR count). The van der Waals surface area contributed by atoms with E-state index < -0.39 is 17.6 Å². The van der Waals surface area contributed by atoms with Crippen molar-refractivity contribution in [2.45, 2.75) is 0 Å². The largest absolute Gasteiger partial charge is 0.506 e. The third-order valence-corrected chi connectivity index (χ3v) is 4.66. The van der Waals surface area contributed by atoms with Crippen LogP contribution in [-0.4, -0.2) is 22.0 Å². The van der Waals surface area contributed by atoms with Crippen LogP contribution < -0.4 is 10.2 Å². The summed E-state index contributed by atoms with van der Waals surface area (Å²) >= 11 is 14.1. The molecule has 1 heterocycles. The lowest BCUT2D eigenvalue weighted by Gasteiger charge is -2.29. The Morgan fingerprint density at radius 3 is 2.65 bits per heavy atom. The molecule has 0 spiro atoms. The molecular weight excluding hydrogens is 447 g/mol. The molecule has 0 aliphatic carbocycles. The molecule has 0 saturated carbocycles. The summed E-state index contributed by atoms with van der Waals surface area (Å²) in [4.78, 5) is 25.9. The van der Waals surface area contributed by atoms with Gasteiger partial charge in [0.1, 0.15) is 17.1 Å². The first-order valence-corrected chi connectivity index (χ1v) is 8.71. The molecule has 0 atom stereocenters. The van der Waals surface area contributed by atoms with Crippen molar-refractivity contribution in [3.05, 3.63) is 62.8 Å². The van der Waals surface area contributed by atoms with E-state index in [1.165, 1.54) is 42.5 Å². The van der Waals surface area contributed by atoms with Crippen LogP contribution in [0.3, 0.4) is 0 Å². The van der Waals surface area contributed by atoms with Crippen LogP contribution >= 0.6 is 39.7 Å². The number of carbonyl (C=O) groups excluding carboxylic acids is 2. The van der Waals surface area contributed by atoms with Crippen molar-refractivity contribution in [2.75, 3.05) is 4.90 Å². The minimum Gasteiger partial charge on any atom is -0.506 e. The molecule has 2 aromatic rings. The van der Waals surface area contributed by atoms with Gasteiger partial charge in [0.05, 0.1) is 10.2 Å². The van der Waals surface area contributed by atoms with Crippen molar-refractivity contribution in [3.63, 3.8) is 0 Å². The lowest BCUT2D eigenvalue weighted by Crippen LogP contribution is -2.54. The topological polar surface area (TPSA) is 69.6 Å². The Balaban J connectivity index is 2.11. The summed E-state index contributed by atoms with van der Waals surface area (Å²) < 4.78 is 14.4. The fourth-order valence-electron chi connectivity index (χ4n) is 2.36. The van der Waals surface area contributed by atoms with Gasteiger partial charge in [0.15, 0.2) is 5.11 Å². The molecule has 0 unspecified atom stereocenters. The van der Waals surface area contributed by atoms with Crippen molar-refractivity contribution in [1.82, 2.24) is 5.32 Å². The maximum Gasteiger partial charge on any atom is 0.270 e. The van der Waals surface area contributed by atoms with Gasteiger partial charge < -0.3 is 5.11 Å². The third-order valence-electron chi connectivity index (χ3n) is 3.55. The Kier molecular flexibility index (Phi) is 5.08. The van der Waals surface area contributed by atoms with Crippen LogP contribution in [0.25, 0.3) is 6.08 Å². The molecule has 2 N–H and O–H groups in total. The average Bonchev–Trinajstić information content (AvgIpc) is 2.57. The number of thiocarbonyl (C=S) groups is 1. The molecule has 0 bridgehead atoms. The van der Waals surface area contributed by atoms with Gasteiger partial charge in [-0.15, -0.1) is 0 Å². The molecule has 9 heteroatoms. The van der Waals surface area contributed by atoms with Gasteiger partial charge in [0.2, 0.25) is 0 Å². The Labute approximate surface area is 166 Å². The lowest BCUT2D eigenvalue weighted by atomic mass is 10.1. The van der Waals surface area contributed by atoms with Crippen LogP contribution in [0.2, 0.25) is 5.02 Å². The van der Waals surface area contributed by atoms with E-state index in [0.717, 1.165) is 4.90 Å². The van der Waals surface area contributed by atoms with Crippen LogP contribution in [0.15, 0.2) is 46.4 Å². The van der Waals surface area contributed by atoms with E-state index in [4.69, 9.17) is 23.8 Å². The Hall–Kier alpha value is -2.29. The van der Waals surface area contributed by atoms with E-state index in [2.05, 4.69) is 21.2 Å². The molecule has 1 fully saturated rings. The number of hydrogen-bond acceptors (Lipinski definition) is 4. The third kappa shape index (κ3) is 3.35. The molecule has 132 valence electrons. The minimum atomic E-state index is -0.820. The predicted octanol–water partition coefficient (Wildman–Crippen LogP) is 3.78. The van der Waals surface area contributed by atoms with Gasteiger partial charge >= 0.3 is 0 Å². The number of rotatable bonds is 2. The molecule has 1 aliphatic heterocycles. The first-order chi connectivity index (χ1) is 12.3. The highest BCUT2D eigenvalue weighted by Crippen LogP contribution is 2.33. The monoisotopic (exact) mass is 454 g/mol. The zero-order valence-electron chi connectivity index (χ0n) is 12.8. The number of halogens is 3. The van der Waals surface area contributed by atoms with Crippen molar-refractivity contribution in [2.24, 2.45) is 0 Å². The zero-order chi connectivity index (χ0) is 19.0. The summed E-state index contributed by atoms with van der Waals surface area (Å²) in [5, 5.41) is 12.5. The molecular formula is C17H9BrClFN2O3S. The van der Waals surface area contributed by atoms with Gasteiger partial charge in [0, 0.05) is 10.6 Å². The van der Waals surface area contributed by atoms with Crippen molar-refractivity contribution < 1.29 is 19.1 Å². The predicted molar refractivity (Wildman–Crippen MR) is 103 cm³/mol. The number of benzene rings is 2. The number of anilines is 1. The summed E-state index contributed by atoms with van der Waals surface area (Å²) in [6.07, 6.45) is 1.17. The fourth-order valence-corrected chi connectivity index (χ4v) is 3.47. The number of phenolic OH excluding ortho intramolecular Hbond substituents is 1. The van der Waals surface area contributed by atoms with E-state index in [-0.39, 0.29) is 32.7 Å². The summed E-state index contributed by atoms with van der Waals surface area (Å²) in [5.41, 5.74) is -0.277. The van der Waals surface area contributed by atoms with Crippen molar-refractivity contribution >= 4 is 68.4 Å². The van der Waals surface area contributed by atoms with Crippen molar-refractivity contribution in [1.29, 1.82) is 0 Å². The molecule has 2 aromatic carbocycles. The number of para-hydroxylation sites is 1. The van der Waals surface area contributed by atoms with Crippen LogP contribution in [0.4, 0.5) is 10.1 Å². The smallest absolute Gasteiger partial charge is 0.270 e. The Bertz CT molecular complexity index is 996. The number of aromatic hydroxyl groups is 1. The molecule has 5 nitrogen and oxygen atoms in total. The maximum absolute atomic E-state index is 14.1. The number of hydrogen-bond donors (Lipinski definition) is 2. The number of phenols is 1. The van der Waals surface area contributed by atoms with E-state index >= 15 is 0 Å². The van der Waals surface area contributed by atoms with Crippen LogP contribution in [0, 0.1) is 5.82 Å². The normalized spacial score (nSPS) is 16.2. The second-order valence-electron chi connectivity index (χ2n) is 5.23. The maximum atomic E-state index is 14.1. The first kappa shape index (κ1) is 18.5. The summed E-state index contributed by atoms with van der Waals surface area (Å²) in [7, 11) is 0. The Morgan fingerprint density at radius 2 is 1.96 bits per heavy atom. The average molecular weight is 456 g/mol. The van der Waals surface area contributed by atoms with Gasteiger partial charge in [-0.05, 0) is 58.5 Å². The molecule has 1 aliphatic rings. The molecule has 2 amide bonds. The van der Waals surface area contributed by atoms with E-state index in [1.807, 2.05) is 0 Å².